The van der Waals surface area contributed by atoms with Crippen LogP contribution in [0.5, 0.6) is 23.0 Å². The molecule has 0 aromatic heterocycles. The predicted molar refractivity (Wildman–Crippen MR) is 189 cm³/mol. The van der Waals surface area contributed by atoms with Gasteiger partial charge in [-0.05, 0) is 111 Å². The van der Waals surface area contributed by atoms with Crippen molar-refractivity contribution in [3.8, 4) is 23.0 Å². The molecule has 0 bridgehead atoms. The molecule has 0 atom stereocenters. The summed E-state index contributed by atoms with van der Waals surface area (Å²) in [5, 5.41) is 1.97. The highest BCUT2D eigenvalue weighted by Gasteiger charge is 2.05. The van der Waals surface area contributed by atoms with Crippen molar-refractivity contribution in [1.82, 2.24) is 0 Å². The molecule has 0 radical (unpaired) electrons. The molecule has 0 amide bonds. The van der Waals surface area contributed by atoms with Gasteiger partial charge in [-0.3, -0.25) is 19.2 Å². The lowest BCUT2D eigenvalue weighted by molar-refractivity contribution is 0.100. The van der Waals surface area contributed by atoms with Crippen LogP contribution >= 0.6 is 0 Å². The summed E-state index contributed by atoms with van der Waals surface area (Å²) in [6.07, 6.45) is 0. The summed E-state index contributed by atoms with van der Waals surface area (Å²) in [7, 11) is 6.44. The molecule has 0 unspecified atom stereocenters. The Hall–Kier alpha value is -5.76. The summed E-state index contributed by atoms with van der Waals surface area (Å²) in [4.78, 5) is 44.2. The third kappa shape index (κ3) is 12.2. The number of ketones is 4. The Kier molecular flexibility index (Phi) is 15.8. The van der Waals surface area contributed by atoms with Crippen molar-refractivity contribution in [3.63, 3.8) is 0 Å². The molecular weight excluding hydrogens is 608 g/mol. The molecule has 0 aliphatic heterocycles. The van der Waals surface area contributed by atoms with Gasteiger partial charge in [0.2, 0.25) is 0 Å². The number of hydrogen-bond acceptors (Lipinski definition) is 8. The van der Waals surface area contributed by atoms with Gasteiger partial charge in [-0.2, -0.15) is 0 Å². The topological polar surface area (TPSA) is 105 Å². The first-order chi connectivity index (χ1) is 22.9. The second kappa shape index (κ2) is 19.7. The number of rotatable bonds is 8. The molecule has 0 saturated heterocycles. The molecule has 0 aliphatic rings. The van der Waals surface area contributed by atoms with Crippen molar-refractivity contribution in [2.24, 2.45) is 0 Å². The fraction of sp³-hybridized carbons (Fsp3) is 0.200. The van der Waals surface area contributed by atoms with Crippen LogP contribution in [-0.2, 0) is 0 Å². The Morgan fingerprint density at radius 3 is 1.06 bits per heavy atom. The zero-order valence-corrected chi connectivity index (χ0v) is 28.7. The van der Waals surface area contributed by atoms with E-state index in [1.54, 1.807) is 97.7 Å². The van der Waals surface area contributed by atoms with Crippen LogP contribution in [0, 0.1) is 0 Å². The van der Waals surface area contributed by atoms with Gasteiger partial charge in [0, 0.05) is 16.7 Å². The van der Waals surface area contributed by atoms with Gasteiger partial charge < -0.3 is 18.9 Å². The second-order valence-corrected chi connectivity index (χ2v) is 10.3. The van der Waals surface area contributed by atoms with Crippen LogP contribution in [0.1, 0.15) is 69.1 Å². The maximum atomic E-state index is 11.2. The molecule has 0 fully saturated rings. The minimum absolute atomic E-state index is 0.0300. The molecule has 8 heteroatoms. The van der Waals surface area contributed by atoms with E-state index in [1.165, 1.54) is 6.92 Å². The van der Waals surface area contributed by atoms with E-state index in [9.17, 15) is 19.2 Å². The van der Waals surface area contributed by atoms with Crippen LogP contribution in [0.4, 0.5) is 0 Å². The van der Waals surface area contributed by atoms with Crippen LogP contribution in [0.15, 0.2) is 109 Å². The number of ether oxygens (including phenoxy) is 4. The smallest absolute Gasteiger partial charge is 0.163 e. The third-order valence-corrected chi connectivity index (χ3v) is 6.93. The van der Waals surface area contributed by atoms with Gasteiger partial charge in [0.25, 0.3) is 0 Å². The summed E-state index contributed by atoms with van der Waals surface area (Å²) in [5.41, 5.74) is 2.74. The van der Waals surface area contributed by atoms with Crippen molar-refractivity contribution in [1.29, 1.82) is 0 Å². The van der Waals surface area contributed by atoms with E-state index in [1.807, 2.05) is 60.7 Å². The molecule has 250 valence electrons. The van der Waals surface area contributed by atoms with Crippen molar-refractivity contribution in [2.75, 3.05) is 28.4 Å². The van der Waals surface area contributed by atoms with Crippen LogP contribution < -0.4 is 18.9 Å². The minimum atomic E-state index is 0.0300. The molecule has 0 N–H and O–H groups in total. The lowest BCUT2D eigenvalue weighted by Crippen LogP contribution is -1.96. The lowest BCUT2D eigenvalue weighted by Gasteiger charge is -2.03. The summed E-state index contributed by atoms with van der Waals surface area (Å²) in [5.74, 6) is 3.32. The van der Waals surface area contributed by atoms with E-state index >= 15 is 0 Å². The molecule has 0 saturated carbocycles. The maximum Gasteiger partial charge on any atom is 0.163 e. The van der Waals surface area contributed by atoms with Gasteiger partial charge in [-0.25, -0.2) is 0 Å². The van der Waals surface area contributed by atoms with Gasteiger partial charge in [-0.1, -0.05) is 36.4 Å². The zero-order chi connectivity index (χ0) is 35.6. The van der Waals surface area contributed by atoms with Gasteiger partial charge in [0.1, 0.15) is 23.0 Å². The van der Waals surface area contributed by atoms with E-state index in [-0.39, 0.29) is 23.1 Å². The predicted octanol–water partition coefficient (Wildman–Crippen LogP) is 8.74. The van der Waals surface area contributed by atoms with Crippen molar-refractivity contribution in [3.05, 3.63) is 131 Å². The van der Waals surface area contributed by atoms with Crippen LogP contribution in [0.3, 0.4) is 0 Å². The fourth-order valence-corrected chi connectivity index (χ4v) is 4.16. The van der Waals surface area contributed by atoms with Crippen molar-refractivity contribution in [2.45, 2.75) is 27.7 Å². The van der Waals surface area contributed by atoms with E-state index in [4.69, 9.17) is 18.9 Å². The maximum absolute atomic E-state index is 11.2. The average Bonchev–Trinajstić information content (AvgIpc) is 3.11. The lowest BCUT2D eigenvalue weighted by atomic mass is 10.0. The van der Waals surface area contributed by atoms with Crippen LogP contribution in [0.25, 0.3) is 10.8 Å². The molecule has 48 heavy (non-hydrogen) atoms. The van der Waals surface area contributed by atoms with Gasteiger partial charge in [0.15, 0.2) is 23.1 Å². The first kappa shape index (κ1) is 38.4. The monoisotopic (exact) mass is 650 g/mol. The number of benzene rings is 5. The SMILES string of the molecule is CC(=O)c1ccc2cc(C(C)=O)ccc2c1.COc1ccc(C(C)=O)cc1.COc1ccc(OC)cc1.COc1ccccc1C(C)=O. The molecule has 0 heterocycles. The molecule has 0 aliphatic carbocycles. The molecule has 5 aromatic carbocycles. The van der Waals surface area contributed by atoms with Gasteiger partial charge in [-0.15, -0.1) is 0 Å². The Morgan fingerprint density at radius 1 is 0.396 bits per heavy atom. The number of carbonyl (C=O) groups excluding carboxylic acids is 4. The number of methoxy groups -OCH3 is 4. The second-order valence-electron chi connectivity index (χ2n) is 10.3. The third-order valence-electron chi connectivity index (χ3n) is 6.93. The zero-order valence-electron chi connectivity index (χ0n) is 28.7. The van der Waals surface area contributed by atoms with E-state index in [0.717, 1.165) is 28.0 Å². The Bertz CT molecular complexity index is 1730. The molecule has 5 rings (SSSR count). The first-order valence-electron chi connectivity index (χ1n) is 15.0. The fourth-order valence-electron chi connectivity index (χ4n) is 4.16. The summed E-state index contributed by atoms with van der Waals surface area (Å²) in [6.45, 7) is 6.16. The highest BCUT2D eigenvalue weighted by molar-refractivity contribution is 6.01. The normalized spacial score (nSPS) is 9.58. The van der Waals surface area contributed by atoms with E-state index in [2.05, 4.69) is 0 Å². The molecular formula is C40H42O8. The summed E-state index contributed by atoms with van der Waals surface area (Å²) < 4.78 is 19.8. The number of Topliss-reactive ketones (excluding diaryl/α,β-unsaturated/α-hetero) is 4. The number of para-hydroxylation sites is 1. The van der Waals surface area contributed by atoms with Crippen LogP contribution in [0.2, 0.25) is 0 Å². The number of fused-ring (bicyclic) bond motifs is 1. The standard InChI is InChI=1S/C14H12O2.2C9H10O2.C8H10O2/c1-9(15)11-3-5-14-8-12(10(2)16)4-6-13(14)7-11;1-7(10)8-3-5-9(11-2)6-4-8;1-7(10)8-5-3-4-6-9(8)11-2;1-9-7-3-5-8(10-2)6-4-7/h3-8H,1-2H3;2*3-6H,1-2H3;3-6H,1-2H3. The highest BCUT2D eigenvalue weighted by atomic mass is 16.5. The molecule has 8 nitrogen and oxygen atoms in total. The summed E-state index contributed by atoms with van der Waals surface area (Å²) in [6, 6.07) is 32.7. The summed E-state index contributed by atoms with van der Waals surface area (Å²) >= 11 is 0. The minimum Gasteiger partial charge on any atom is -0.497 e. The van der Waals surface area contributed by atoms with E-state index in [0.29, 0.717) is 28.0 Å². The Labute approximate surface area is 282 Å². The number of hydrogen-bond donors (Lipinski definition) is 0. The molecule has 0 spiro atoms. The Balaban J connectivity index is 0.000000227. The first-order valence-corrected chi connectivity index (χ1v) is 15.0. The van der Waals surface area contributed by atoms with Crippen molar-refractivity contribution >= 4 is 33.9 Å². The van der Waals surface area contributed by atoms with Gasteiger partial charge >= 0.3 is 0 Å². The average molecular weight is 651 g/mol. The van der Waals surface area contributed by atoms with Gasteiger partial charge in [0.05, 0.1) is 34.0 Å². The Morgan fingerprint density at radius 2 is 0.750 bits per heavy atom. The molecule has 5 aromatic rings. The van der Waals surface area contributed by atoms with E-state index < -0.39 is 0 Å². The van der Waals surface area contributed by atoms with Crippen molar-refractivity contribution < 1.29 is 38.1 Å². The highest BCUT2D eigenvalue weighted by Crippen LogP contribution is 2.19. The number of carbonyl (C=O) groups is 4. The largest absolute Gasteiger partial charge is 0.497 e. The van der Waals surface area contributed by atoms with Crippen LogP contribution in [-0.4, -0.2) is 51.6 Å². The quantitative estimate of drug-likeness (QED) is 0.154.